The highest BCUT2D eigenvalue weighted by Crippen LogP contribution is 2.29. The number of ether oxygens (including phenoxy) is 2. The maximum atomic E-state index is 13.7. The molecular formula is C20H20Cl2FN5O2. The Labute approximate surface area is 183 Å². The van der Waals surface area contributed by atoms with Gasteiger partial charge in [-0.05, 0) is 29.8 Å². The van der Waals surface area contributed by atoms with E-state index in [1.54, 1.807) is 7.11 Å². The molecule has 0 radical (unpaired) electrons. The molecule has 7 nitrogen and oxygen atoms in total. The lowest BCUT2D eigenvalue weighted by Gasteiger charge is -2.27. The predicted molar refractivity (Wildman–Crippen MR) is 115 cm³/mol. The van der Waals surface area contributed by atoms with E-state index in [9.17, 15) is 4.39 Å². The molecule has 1 N–H and O–H groups in total. The number of benzene rings is 2. The number of nitrogens with one attached hydrogen (secondary N) is 1. The van der Waals surface area contributed by atoms with Crippen LogP contribution in [0.1, 0.15) is 5.56 Å². The fourth-order valence-corrected chi connectivity index (χ4v) is 3.64. The van der Waals surface area contributed by atoms with E-state index in [4.69, 9.17) is 32.7 Å². The standard InChI is InChI=1S/C20H20Cl2FN5O2/c1-29-15-4-2-13(3-5-15)12-28-20(27-6-8-30-9-7-27)25-19(26-28)24-14-10-16(21)18(23)17(22)11-14/h2-5,10-11H,6-9,12H2,1H3,(H,24,26). The molecule has 1 aliphatic rings. The van der Waals surface area contributed by atoms with Gasteiger partial charge < -0.3 is 19.7 Å². The summed E-state index contributed by atoms with van der Waals surface area (Å²) in [4.78, 5) is 6.77. The monoisotopic (exact) mass is 451 g/mol. The zero-order valence-corrected chi connectivity index (χ0v) is 17.8. The van der Waals surface area contributed by atoms with E-state index in [0.29, 0.717) is 31.4 Å². The minimum Gasteiger partial charge on any atom is -0.497 e. The summed E-state index contributed by atoms with van der Waals surface area (Å²) in [7, 11) is 1.63. The topological polar surface area (TPSA) is 64.4 Å². The Hall–Kier alpha value is -2.55. The van der Waals surface area contributed by atoms with Crippen molar-refractivity contribution in [2.24, 2.45) is 0 Å². The number of aromatic nitrogens is 3. The van der Waals surface area contributed by atoms with Gasteiger partial charge in [0.2, 0.25) is 11.9 Å². The normalized spacial score (nSPS) is 14.1. The summed E-state index contributed by atoms with van der Waals surface area (Å²) in [5, 5.41) is 7.52. The summed E-state index contributed by atoms with van der Waals surface area (Å²) in [5.41, 5.74) is 1.55. The second-order valence-electron chi connectivity index (χ2n) is 6.72. The zero-order chi connectivity index (χ0) is 21.1. The van der Waals surface area contributed by atoms with E-state index >= 15 is 0 Å². The summed E-state index contributed by atoms with van der Waals surface area (Å²) >= 11 is 11.8. The van der Waals surface area contributed by atoms with Crippen LogP contribution in [0, 0.1) is 5.82 Å². The van der Waals surface area contributed by atoms with E-state index in [-0.39, 0.29) is 10.0 Å². The van der Waals surface area contributed by atoms with Crippen molar-refractivity contribution in [2.45, 2.75) is 6.54 Å². The van der Waals surface area contributed by atoms with Crippen LogP contribution in [-0.2, 0) is 11.3 Å². The van der Waals surface area contributed by atoms with Gasteiger partial charge in [0.05, 0.1) is 36.9 Å². The first kappa shape index (κ1) is 20.7. The van der Waals surface area contributed by atoms with Crippen LogP contribution >= 0.6 is 23.2 Å². The zero-order valence-electron chi connectivity index (χ0n) is 16.2. The molecule has 2 aromatic carbocycles. The number of hydrogen-bond donors (Lipinski definition) is 1. The lowest BCUT2D eigenvalue weighted by atomic mass is 10.2. The van der Waals surface area contributed by atoms with Crippen LogP contribution in [0.25, 0.3) is 0 Å². The average molecular weight is 452 g/mol. The molecule has 1 aromatic heterocycles. The van der Waals surface area contributed by atoms with Crippen molar-refractivity contribution >= 4 is 40.8 Å². The number of methoxy groups -OCH3 is 1. The van der Waals surface area contributed by atoms with Crippen LogP contribution in [0.4, 0.5) is 22.0 Å². The molecule has 1 saturated heterocycles. The van der Waals surface area contributed by atoms with Crippen LogP contribution in [0.2, 0.25) is 10.0 Å². The molecule has 1 fully saturated rings. The predicted octanol–water partition coefficient (Wildman–Crippen LogP) is 4.36. The van der Waals surface area contributed by atoms with Gasteiger partial charge in [0.15, 0.2) is 5.82 Å². The van der Waals surface area contributed by atoms with Crippen LogP contribution in [-0.4, -0.2) is 48.2 Å². The Morgan fingerprint density at radius 3 is 2.43 bits per heavy atom. The molecule has 2 heterocycles. The highest BCUT2D eigenvalue weighted by molar-refractivity contribution is 6.35. The minimum atomic E-state index is -0.657. The van der Waals surface area contributed by atoms with Gasteiger partial charge in [-0.2, -0.15) is 4.98 Å². The summed E-state index contributed by atoms with van der Waals surface area (Å²) in [5.74, 6) is 1.22. The lowest BCUT2D eigenvalue weighted by molar-refractivity contribution is 0.121. The Balaban J connectivity index is 1.62. The van der Waals surface area contributed by atoms with Crippen LogP contribution < -0.4 is 15.0 Å². The molecule has 0 bridgehead atoms. The first-order valence-electron chi connectivity index (χ1n) is 9.35. The number of morpholine rings is 1. The van der Waals surface area contributed by atoms with Crippen molar-refractivity contribution < 1.29 is 13.9 Å². The highest BCUT2D eigenvalue weighted by atomic mass is 35.5. The third-order valence-corrected chi connectivity index (χ3v) is 5.23. The van der Waals surface area contributed by atoms with Crippen molar-refractivity contribution in [3.63, 3.8) is 0 Å². The van der Waals surface area contributed by atoms with Gasteiger partial charge in [-0.15, -0.1) is 5.10 Å². The van der Waals surface area contributed by atoms with Crippen molar-refractivity contribution in [1.82, 2.24) is 14.8 Å². The van der Waals surface area contributed by atoms with E-state index < -0.39 is 5.82 Å². The third-order valence-electron chi connectivity index (χ3n) is 4.68. The molecule has 0 saturated carbocycles. The van der Waals surface area contributed by atoms with Gasteiger partial charge in [-0.3, -0.25) is 0 Å². The maximum Gasteiger partial charge on any atom is 0.248 e. The number of rotatable bonds is 6. The van der Waals surface area contributed by atoms with E-state index in [1.807, 2.05) is 28.9 Å². The average Bonchev–Trinajstić information content (AvgIpc) is 3.15. The van der Waals surface area contributed by atoms with Crippen molar-refractivity contribution in [3.8, 4) is 5.75 Å². The Kier molecular flexibility index (Phi) is 6.26. The first-order chi connectivity index (χ1) is 14.5. The second-order valence-corrected chi connectivity index (χ2v) is 7.53. The molecule has 30 heavy (non-hydrogen) atoms. The van der Waals surface area contributed by atoms with Crippen LogP contribution in [0.5, 0.6) is 5.75 Å². The molecule has 0 unspecified atom stereocenters. The van der Waals surface area contributed by atoms with Gasteiger partial charge in [0.1, 0.15) is 5.75 Å². The summed E-state index contributed by atoms with van der Waals surface area (Å²) in [6, 6.07) is 10.7. The largest absolute Gasteiger partial charge is 0.497 e. The van der Waals surface area contributed by atoms with Crippen LogP contribution in [0.15, 0.2) is 36.4 Å². The van der Waals surface area contributed by atoms with Crippen molar-refractivity contribution in [2.75, 3.05) is 43.6 Å². The molecule has 1 aliphatic heterocycles. The summed E-state index contributed by atoms with van der Waals surface area (Å²) in [6.45, 7) is 3.21. The fraction of sp³-hybridized carbons (Fsp3) is 0.300. The smallest absolute Gasteiger partial charge is 0.248 e. The quantitative estimate of drug-likeness (QED) is 0.561. The molecule has 158 valence electrons. The molecule has 0 spiro atoms. The lowest BCUT2D eigenvalue weighted by Crippen LogP contribution is -2.38. The molecular weight excluding hydrogens is 432 g/mol. The molecule has 10 heteroatoms. The van der Waals surface area contributed by atoms with Crippen molar-refractivity contribution in [1.29, 1.82) is 0 Å². The highest BCUT2D eigenvalue weighted by Gasteiger charge is 2.20. The van der Waals surface area contributed by atoms with E-state index in [2.05, 4.69) is 20.3 Å². The third kappa shape index (κ3) is 4.61. The molecule has 4 rings (SSSR count). The molecule has 0 atom stereocenters. The molecule has 0 amide bonds. The summed E-state index contributed by atoms with van der Waals surface area (Å²) in [6.07, 6.45) is 0. The Morgan fingerprint density at radius 1 is 1.13 bits per heavy atom. The minimum absolute atomic E-state index is 0.0731. The number of halogens is 3. The van der Waals surface area contributed by atoms with Gasteiger partial charge in [-0.1, -0.05) is 35.3 Å². The first-order valence-corrected chi connectivity index (χ1v) is 10.1. The number of nitrogens with zero attached hydrogens (tertiary/aromatic N) is 4. The van der Waals surface area contributed by atoms with Crippen molar-refractivity contribution in [3.05, 3.63) is 57.8 Å². The maximum absolute atomic E-state index is 13.7. The van der Waals surface area contributed by atoms with Gasteiger partial charge in [0, 0.05) is 18.8 Å². The summed E-state index contributed by atoms with van der Waals surface area (Å²) < 4.78 is 26.2. The van der Waals surface area contributed by atoms with Gasteiger partial charge in [0.25, 0.3) is 0 Å². The van der Waals surface area contributed by atoms with E-state index in [1.165, 1.54) is 12.1 Å². The van der Waals surface area contributed by atoms with Gasteiger partial charge in [-0.25, -0.2) is 9.07 Å². The fourth-order valence-electron chi connectivity index (χ4n) is 3.15. The molecule has 0 aliphatic carbocycles. The Bertz CT molecular complexity index is 1000. The second kappa shape index (κ2) is 9.07. The van der Waals surface area contributed by atoms with Gasteiger partial charge >= 0.3 is 0 Å². The molecule has 3 aromatic rings. The van der Waals surface area contributed by atoms with Crippen LogP contribution in [0.3, 0.4) is 0 Å². The number of hydrogen-bond acceptors (Lipinski definition) is 6. The SMILES string of the molecule is COc1ccc(Cn2nc(Nc3cc(Cl)c(F)c(Cl)c3)nc2N2CCOCC2)cc1. The number of anilines is 3. The van der Waals surface area contributed by atoms with E-state index in [0.717, 1.165) is 30.4 Å². The Morgan fingerprint density at radius 2 is 1.80 bits per heavy atom.